The zero-order valence-corrected chi connectivity index (χ0v) is 17.3. The number of fused-ring (bicyclic) bond motifs is 1. The highest BCUT2D eigenvalue weighted by Crippen LogP contribution is 2.41. The molecule has 2 aromatic heterocycles. The van der Waals surface area contributed by atoms with Crippen LogP contribution in [0.25, 0.3) is 22.2 Å². The number of aromatic amines is 1. The summed E-state index contributed by atoms with van der Waals surface area (Å²) in [5, 5.41) is 8.20. The molecule has 0 spiro atoms. The van der Waals surface area contributed by atoms with Gasteiger partial charge in [-0.25, -0.2) is 0 Å². The summed E-state index contributed by atoms with van der Waals surface area (Å²) in [6, 6.07) is 12.9. The molecule has 4 aromatic rings. The second-order valence-corrected chi connectivity index (χ2v) is 6.61. The smallest absolute Gasteiger partial charge is 0.225 e. The van der Waals surface area contributed by atoms with Gasteiger partial charge in [0.2, 0.25) is 17.3 Å². The maximum atomic E-state index is 12.5. The fraction of sp³-hybridized carbons (Fsp3) is 0.130. The van der Waals surface area contributed by atoms with Gasteiger partial charge in [0.1, 0.15) is 5.69 Å². The Morgan fingerprint density at radius 1 is 1.03 bits per heavy atom. The first-order valence-electron chi connectivity index (χ1n) is 9.44. The number of rotatable bonds is 8. The number of aromatic nitrogens is 2. The number of anilines is 1. The summed E-state index contributed by atoms with van der Waals surface area (Å²) in [6.07, 6.45) is 4.83. The molecule has 0 radical (unpaired) electrons. The van der Waals surface area contributed by atoms with Crippen LogP contribution in [0.1, 0.15) is 10.6 Å². The zero-order valence-electron chi connectivity index (χ0n) is 17.3. The van der Waals surface area contributed by atoms with Crippen LogP contribution in [-0.4, -0.2) is 37.3 Å². The second kappa shape index (κ2) is 8.66. The van der Waals surface area contributed by atoms with Crippen molar-refractivity contribution in [1.29, 1.82) is 0 Å². The molecule has 4 rings (SSSR count). The predicted molar refractivity (Wildman–Crippen MR) is 117 cm³/mol. The molecule has 0 bridgehead atoms. The summed E-state index contributed by atoms with van der Waals surface area (Å²) in [6.45, 7) is 0. The zero-order chi connectivity index (χ0) is 21.8. The van der Waals surface area contributed by atoms with E-state index >= 15 is 0 Å². The summed E-state index contributed by atoms with van der Waals surface area (Å²) < 4.78 is 21.3. The van der Waals surface area contributed by atoms with Gasteiger partial charge in [0, 0.05) is 41.3 Å². The van der Waals surface area contributed by atoms with E-state index in [1.165, 1.54) is 27.4 Å². The summed E-state index contributed by atoms with van der Waals surface area (Å²) >= 11 is 0. The molecular formula is C23H21N3O5. The number of ether oxygens (including phenoxy) is 3. The van der Waals surface area contributed by atoms with E-state index in [0.717, 1.165) is 16.6 Å². The SMILES string of the molecule is COc1cc(-c2cc(C(=O)/C=C\Nc3ccc4cc[nH]c4c3)on2)cc(OC)c1OC. The van der Waals surface area contributed by atoms with Gasteiger partial charge in [-0.15, -0.1) is 0 Å². The largest absolute Gasteiger partial charge is 0.493 e. The van der Waals surface area contributed by atoms with Crippen molar-refractivity contribution >= 4 is 22.4 Å². The summed E-state index contributed by atoms with van der Waals surface area (Å²) in [7, 11) is 4.60. The van der Waals surface area contributed by atoms with Crippen molar-refractivity contribution in [3.8, 4) is 28.5 Å². The Hall–Kier alpha value is -4.20. The third kappa shape index (κ3) is 4.09. The van der Waals surface area contributed by atoms with E-state index in [2.05, 4.69) is 15.5 Å². The molecule has 0 aliphatic heterocycles. The minimum Gasteiger partial charge on any atom is -0.493 e. The minimum absolute atomic E-state index is 0.113. The van der Waals surface area contributed by atoms with E-state index in [1.807, 2.05) is 30.5 Å². The fourth-order valence-electron chi connectivity index (χ4n) is 3.19. The number of methoxy groups -OCH3 is 3. The standard InChI is InChI=1S/C23H21N3O5/c1-28-21-10-15(11-22(29-2)23(21)30-3)18-13-20(31-26-18)19(27)7-9-24-16-5-4-14-6-8-25-17(14)12-16/h4-13,24-25H,1-3H3/b9-7-. The Morgan fingerprint density at radius 3 is 2.52 bits per heavy atom. The monoisotopic (exact) mass is 419 g/mol. The summed E-state index contributed by atoms with van der Waals surface area (Å²) in [5.41, 5.74) is 3.00. The van der Waals surface area contributed by atoms with Gasteiger partial charge in [-0.05, 0) is 35.7 Å². The van der Waals surface area contributed by atoms with Crippen LogP contribution in [0.2, 0.25) is 0 Å². The van der Waals surface area contributed by atoms with E-state index in [9.17, 15) is 4.79 Å². The van der Waals surface area contributed by atoms with Crippen LogP contribution < -0.4 is 19.5 Å². The van der Waals surface area contributed by atoms with E-state index in [4.69, 9.17) is 18.7 Å². The molecule has 0 atom stereocenters. The number of hydrogen-bond donors (Lipinski definition) is 2. The predicted octanol–water partition coefficient (Wildman–Crippen LogP) is 4.66. The van der Waals surface area contributed by atoms with Gasteiger partial charge in [-0.2, -0.15) is 0 Å². The number of allylic oxidation sites excluding steroid dienone is 1. The van der Waals surface area contributed by atoms with E-state index < -0.39 is 0 Å². The van der Waals surface area contributed by atoms with Crippen molar-refractivity contribution in [2.75, 3.05) is 26.6 Å². The number of nitrogens with one attached hydrogen (secondary N) is 2. The average Bonchev–Trinajstić information content (AvgIpc) is 3.47. The van der Waals surface area contributed by atoms with Crippen molar-refractivity contribution in [2.45, 2.75) is 0 Å². The number of H-pyrrole nitrogens is 1. The third-order valence-electron chi connectivity index (χ3n) is 4.75. The molecule has 31 heavy (non-hydrogen) atoms. The summed E-state index contributed by atoms with van der Waals surface area (Å²) in [4.78, 5) is 15.6. The molecule has 158 valence electrons. The molecule has 8 heteroatoms. The molecule has 0 aliphatic carbocycles. The number of carbonyl (C=O) groups excluding carboxylic acids is 1. The molecule has 0 aliphatic rings. The molecule has 0 fully saturated rings. The van der Waals surface area contributed by atoms with Gasteiger partial charge in [0.15, 0.2) is 11.5 Å². The first-order chi connectivity index (χ1) is 15.1. The number of nitrogens with zero attached hydrogens (tertiary/aromatic N) is 1. The fourth-order valence-corrected chi connectivity index (χ4v) is 3.19. The van der Waals surface area contributed by atoms with Crippen LogP contribution in [0, 0.1) is 0 Å². The van der Waals surface area contributed by atoms with Crippen LogP contribution in [0.15, 0.2) is 65.5 Å². The van der Waals surface area contributed by atoms with Gasteiger partial charge in [-0.1, -0.05) is 11.2 Å². The lowest BCUT2D eigenvalue weighted by atomic mass is 10.1. The molecule has 0 amide bonds. The molecule has 2 aromatic carbocycles. The van der Waals surface area contributed by atoms with Crippen LogP contribution in [0.4, 0.5) is 5.69 Å². The first-order valence-corrected chi connectivity index (χ1v) is 9.44. The lowest BCUT2D eigenvalue weighted by Gasteiger charge is -2.13. The molecule has 0 saturated carbocycles. The third-order valence-corrected chi connectivity index (χ3v) is 4.75. The Bertz CT molecular complexity index is 1230. The van der Waals surface area contributed by atoms with Crippen LogP contribution in [0.5, 0.6) is 17.2 Å². The Balaban J connectivity index is 1.50. The van der Waals surface area contributed by atoms with Crippen molar-refractivity contribution in [1.82, 2.24) is 10.1 Å². The topological polar surface area (TPSA) is 98.6 Å². The Kier molecular flexibility index (Phi) is 5.61. The lowest BCUT2D eigenvalue weighted by molar-refractivity contribution is 0.101. The van der Waals surface area contributed by atoms with Gasteiger partial charge >= 0.3 is 0 Å². The van der Waals surface area contributed by atoms with Gasteiger partial charge in [0.05, 0.1) is 21.3 Å². The number of benzene rings is 2. The molecule has 0 saturated heterocycles. The highest BCUT2D eigenvalue weighted by Gasteiger charge is 2.17. The number of hydrogen-bond acceptors (Lipinski definition) is 7. The molecule has 0 unspecified atom stereocenters. The first kappa shape index (κ1) is 20.1. The van der Waals surface area contributed by atoms with E-state index in [0.29, 0.717) is 28.5 Å². The molecule has 8 nitrogen and oxygen atoms in total. The highest BCUT2D eigenvalue weighted by molar-refractivity contribution is 6.03. The molecule has 2 N–H and O–H groups in total. The maximum absolute atomic E-state index is 12.5. The Morgan fingerprint density at radius 2 is 1.81 bits per heavy atom. The van der Waals surface area contributed by atoms with Crippen molar-refractivity contribution in [3.05, 3.63) is 66.7 Å². The van der Waals surface area contributed by atoms with Crippen molar-refractivity contribution in [3.63, 3.8) is 0 Å². The maximum Gasteiger partial charge on any atom is 0.225 e. The number of carbonyl (C=O) groups is 1. The van der Waals surface area contributed by atoms with Crippen molar-refractivity contribution in [2.24, 2.45) is 0 Å². The highest BCUT2D eigenvalue weighted by atomic mass is 16.5. The quantitative estimate of drug-likeness (QED) is 0.317. The molecule has 2 heterocycles. The minimum atomic E-state index is -0.320. The lowest BCUT2D eigenvalue weighted by Crippen LogP contribution is -1.96. The second-order valence-electron chi connectivity index (χ2n) is 6.61. The molecular weight excluding hydrogens is 398 g/mol. The summed E-state index contributed by atoms with van der Waals surface area (Å²) in [5.74, 6) is 1.23. The van der Waals surface area contributed by atoms with E-state index in [1.54, 1.807) is 24.4 Å². The van der Waals surface area contributed by atoms with Crippen LogP contribution in [0.3, 0.4) is 0 Å². The van der Waals surface area contributed by atoms with Gasteiger partial charge in [0.25, 0.3) is 0 Å². The Labute approximate surface area is 178 Å². The van der Waals surface area contributed by atoms with Crippen molar-refractivity contribution < 1.29 is 23.5 Å². The van der Waals surface area contributed by atoms with Crippen LogP contribution >= 0.6 is 0 Å². The van der Waals surface area contributed by atoms with E-state index in [-0.39, 0.29) is 11.5 Å². The normalized spacial score (nSPS) is 11.1. The average molecular weight is 419 g/mol. The van der Waals surface area contributed by atoms with Crippen LogP contribution in [-0.2, 0) is 0 Å². The van der Waals surface area contributed by atoms with Gasteiger partial charge in [-0.3, -0.25) is 4.79 Å². The number of ketones is 1. The van der Waals surface area contributed by atoms with Gasteiger partial charge < -0.3 is 29.0 Å².